The quantitative estimate of drug-likeness (QED) is 0.770. The molecule has 0 aliphatic rings. The van der Waals surface area contributed by atoms with Gasteiger partial charge in [0.05, 0.1) is 22.9 Å². The number of hydrogen-bond donors (Lipinski definition) is 0. The summed E-state index contributed by atoms with van der Waals surface area (Å²) >= 11 is 1.99. The van der Waals surface area contributed by atoms with E-state index >= 15 is 0 Å². The first-order chi connectivity index (χ1) is 7.96. The number of alkyl halides is 3. The largest absolute Gasteiger partial charge is 0.573 e. The highest BCUT2D eigenvalue weighted by atomic mass is 127. The van der Waals surface area contributed by atoms with Crippen LogP contribution in [-0.4, -0.2) is 14.1 Å². The van der Waals surface area contributed by atoms with E-state index in [-0.39, 0.29) is 5.75 Å². The zero-order valence-corrected chi connectivity index (χ0v) is 10.4. The van der Waals surface area contributed by atoms with Gasteiger partial charge in [0.15, 0.2) is 0 Å². The molecule has 1 aromatic heterocycles. The maximum atomic E-state index is 12.1. The molecule has 90 valence electrons. The van der Waals surface area contributed by atoms with Crippen molar-refractivity contribution >= 4 is 22.9 Å². The second kappa shape index (κ2) is 4.55. The summed E-state index contributed by atoms with van der Waals surface area (Å²) in [6, 6.07) is 5.70. The molecule has 0 atom stereocenters. The summed E-state index contributed by atoms with van der Waals surface area (Å²) in [5, 5.41) is 0. The molecule has 1 aromatic carbocycles. The number of aromatic nitrogens is 2. The summed E-state index contributed by atoms with van der Waals surface area (Å²) in [6.07, 6.45) is -1.41. The fourth-order valence-electron chi connectivity index (χ4n) is 1.32. The van der Waals surface area contributed by atoms with Crippen LogP contribution in [0, 0.1) is 0 Å². The highest BCUT2D eigenvalue weighted by Crippen LogP contribution is 2.27. The van der Waals surface area contributed by atoms with E-state index in [1.165, 1.54) is 18.2 Å². The summed E-state index contributed by atoms with van der Waals surface area (Å²) in [6.45, 7) is 0. The van der Waals surface area contributed by atoms with E-state index in [9.17, 15) is 13.2 Å². The van der Waals surface area contributed by atoms with Crippen LogP contribution in [0.1, 0.15) is 0 Å². The molecular weight excluding hydrogens is 348 g/mol. The molecule has 2 rings (SSSR count). The predicted octanol–water partition coefficient (Wildman–Crippen LogP) is 3.65. The Hall–Kier alpha value is -1.25. The minimum atomic E-state index is -4.68. The zero-order valence-electron chi connectivity index (χ0n) is 8.28. The van der Waals surface area contributed by atoms with Gasteiger partial charge in [-0.2, -0.15) is 0 Å². The van der Waals surface area contributed by atoms with Crippen LogP contribution in [0.25, 0.3) is 11.4 Å². The topological polar surface area (TPSA) is 27.1 Å². The lowest BCUT2D eigenvalue weighted by atomic mass is 10.2. The molecular formula is C10H6F3IN2O. The van der Waals surface area contributed by atoms with Crippen molar-refractivity contribution in [1.82, 2.24) is 7.76 Å². The van der Waals surface area contributed by atoms with Gasteiger partial charge in [0.25, 0.3) is 0 Å². The van der Waals surface area contributed by atoms with E-state index in [2.05, 4.69) is 9.72 Å². The molecule has 0 aliphatic heterocycles. The summed E-state index contributed by atoms with van der Waals surface area (Å²) in [5.74, 6) is 0.313. The monoisotopic (exact) mass is 354 g/mol. The van der Waals surface area contributed by atoms with Gasteiger partial charge in [-0.25, -0.2) is 4.98 Å². The first-order valence-electron chi connectivity index (χ1n) is 4.51. The molecule has 1 heterocycles. The lowest BCUT2D eigenvalue weighted by Gasteiger charge is -2.09. The Labute approximate surface area is 109 Å². The van der Waals surface area contributed by atoms with Crippen LogP contribution in [0.3, 0.4) is 0 Å². The number of nitrogens with zero attached hydrogens (tertiary/aromatic N) is 2. The fourth-order valence-corrected chi connectivity index (χ4v) is 1.87. The molecule has 0 unspecified atom stereocenters. The second-order valence-electron chi connectivity index (χ2n) is 3.14. The molecule has 0 aliphatic carbocycles. The fraction of sp³-hybridized carbons (Fsp3) is 0.100. The van der Waals surface area contributed by atoms with Crippen molar-refractivity contribution < 1.29 is 17.9 Å². The number of rotatable bonds is 2. The molecule has 0 spiro atoms. The summed E-state index contributed by atoms with van der Waals surface area (Å²) in [4.78, 5) is 4.04. The van der Waals surface area contributed by atoms with Crippen LogP contribution in [0.15, 0.2) is 36.7 Å². The van der Waals surface area contributed by atoms with Crippen molar-refractivity contribution in [3.63, 3.8) is 0 Å². The third-order valence-corrected chi connectivity index (χ3v) is 2.70. The van der Waals surface area contributed by atoms with Crippen LogP contribution >= 0.6 is 22.9 Å². The molecule has 17 heavy (non-hydrogen) atoms. The summed E-state index contributed by atoms with van der Waals surface area (Å²) < 4.78 is 41.7. The van der Waals surface area contributed by atoms with E-state index in [0.717, 1.165) is 0 Å². The van der Waals surface area contributed by atoms with E-state index in [0.29, 0.717) is 11.4 Å². The molecule has 0 saturated carbocycles. The van der Waals surface area contributed by atoms with Crippen LogP contribution < -0.4 is 4.74 Å². The first kappa shape index (κ1) is 12.2. The van der Waals surface area contributed by atoms with Crippen molar-refractivity contribution in [3.05, 3.63) is 36.7 Å². The highest BCUT2D eigenvalue weighted by Gasteiger charge is 2.31. The van der Waals surface area contributed by atoms with Gasteiger partial charge in [-0.15, -0.1) is 13.2 Å². The van der Waals surface area contributed by atoms with Crippen molar-refractivity contribution in [2.24, 2.45) is 0 Å². The van der Waals surface area contributed by atoms with Crippen molar-refractivity contribution in [2.45, 2.75) is 6.36 Å². The minimum Gasteiger partial charge on any atom is -0.406 e. The third-order valence-electron chi connectivity index (χ3n) is 1.92. The lowest BCUT2D eigenvalue weighted by Crippen LogP contribution is -2.17. The number of hydrogen-bond acceptors (Lipinski definition) is 2. The van der Waals surface area contributed by atoms with Crippen molar-refractivity contribution in [1.29, 1.82) is 0 Å². The second-order valence-corrected chi connectivity index (χ2v) is 4.18. The van der Waals surface area contributed by atoms with E-state index in [1.54, 1.807) is 21.2 Å². The Kier molecular flexibility index (Phi) is 3.27. The van der Waals surface area contributed by atoms with Gasteiger partial charge in [0.1, 0.15) is 11.6 Å². The molecule has 0 radical (unpaired) electrons. The number of ether oxygens (including phenoxy) is 1. The minimum absolute atomic E-state index is 0.255. The van der Waals surface area contributed by atoms with Gasteiger partial charge in [-0.3, -0.25) is 2.78 Å². The van der Waals surface area contributed by atoms with E-state index in [4.69, 9.17) is 0 Å². The van der Waals surface area contributed by atoms with Gasteiger partial charge in [0.2, 0.25) is 0 Å². The summed E-state index contributed by atoms with van der Waals surface area (Å²) in [5.41, 5.74) is 0.561. The Balaban J connectivity index is 2.32. The van der Waals surface area contributed by atoms with Crippen molar-refractivity contribution in [3.8, 4) is 17.1 Å². The molecule has 7 heteroatoms. The average Bonchev–Trinajstić information content (AvgIpc) is 2.62. The predicted molar refractivity (Wildman–Crippen MR) is 63.8 cm³/mol. The molecule has 3 nitrogen and oxygen atoms in total. The maximum Gasteiger partial charge on any atom is 0.573 e. The number of imidazole rings is 1. The smallest absolute Gasteiger partial charge is 0.406 e. The zero-order chi connectivity index (χ0) is 12.5. The van der Waals surface area contributed by atoms with E-state index in [1.807, 2.05) is 22.9 Å². The Bertz CT molecular complexity index is 524. The molecule has 0 bridgehead atoms. The Morgan fingerprint density at radius 3 is 2.65 bits per heavy atom. The van der Waals surface area contributed by atoms with Gasteiger partial charge in [-0.05, 0) is 12.1 Å². The van der Waals surface area contributed by atoms with Gasteiger partial charge < -0.3 is 4.74 Å². The molecule has 0 N–H and O–H groups in total. The molecule has 0 fully saturated rings. The lowest BCUT2D eigenvalue weighted by molar-refractivity contribution is -0.274. The van der Waals surface area contributed by atoms with E-state index < -0.39 is 6.36 Å². The number of benzene rings is 1. The Morgan fingerprint density at radius 1 is 1.29 bits per heavy atom. The number of halogens is 4. The summed E-state index contributed by atoms with van der Waals surface area (Å²) in [7, 11) is 0. The van der Waals surface area contributed by atoms with Gasteiger partial charge >= 0.3 is 6.36 Å². The SMILES string of the molecule is FC(F)(F)Oc1cccc(-c2nccn2I)c1. The average molecular weight is 354 g/mol. The Morgan fingerprint density at radius 2 is 2.06 bits per heavy atom. The third kappa shape index (κ3) is 3.11. The van der Waals surface area contributed by atoms with Crippen LogP contribution in [-0.2, 0) is 0 Å². The molecule has 0 saturated heterocycles. The van der Waals surface area contributed by atoms with Crippen molar-refractivity contribution in [2.75, 3.05) is 0 Å². The van der Waals surface area contributed by atoms with Crippen LogP contribution in [0.2, 0.25) is 0 Å². The highest BCUT2D eigenvalue weighted by molar-refractivity contribution is 14.1. The van der Waals surface area contributed by atoms with Crippen LogP contribution in [0.5, 0.6) is 5.75 Å². The maximum absolute atomic E-state index is 12.1. The normalized spacial score (nSPS) is 11.5. The molecule has 2 aromatic rings. The van der Waals surface area contributed by atoms with Gasteiger partial charge in [0, 0.05) is 18.0 Å². The standard InChI is InChI=1S/C10H6F3IN2O/c11-10(12,13)17-8-3-1-2-7(6-8)9-15-4-5-16(9)14/h1-6H. The van der Waals surface area contributed by atoms with Crippen LogP contribution in [0.4, 0.5) is 13.2 Å². The van der Waals surface area contributed by atoms with Gasteiger partial charge in [-0.1, -0.05) is 12.1 Å². The first-order valence-corrected chi connectivity index (χ1v) is 5.48. The molecule has 0 amide bonds.